The van der Waals surface area contributed by atoms with Gasteiger partial charge < -0.3 is 16.2 Å². The molecule has 2 aliphatic rings. The Hall–Kier alpha value is -5.04. The first-order chi connectivity index (χ1) is 25.3. The zero-order chi connectivity index (χ0) is 39.0. The van der Waals surface area contributed by atoms with E-state index in [9.17, 15) is 26.8 Å². The van der Waals surface area contributed by atoms with Crippen molar-refractivity contribution in [2.24, 2.45) is 5.73 Å². The first-order valence-corrected chi connectivity index (χ1v) is 19.7. The molecule has 0 bridgehead atoms. The van der Waals surface area contributed by atoms with E-state index in [4.69, 9.17) is 5.11 Å². The van der Waals surface area contributed by atoms with Crippen LogP contribution in [0.3, 0.4) is 0 Å². The lowest BCUT2D eigenvalue weighted by Gasteiger charge is -2.05. The number of carbonyl (C=O) groups is 2. The maximum absolute atomic E-state index is 13.8. The quantitative estimate of drug-likeness (QED) is 0.159. The van der Waals surface area contributed by atoms with E-state index >= 15 is 0 Å². The first-order valence-electron chi connectivity index (χ1n) is 16.6. The molecule has 4 N–H and O–H groups in total. The number of allylic oxidation sites excluding steroid dienone is 4. The lowest BCUT2D eigenvalue weighted by molar-refractivity contribution is -0.135. The minimum Gasteiger partial charge on any atom is -0.481 e. The second kappa shape index (κ2) is 19.3. The van der Waals surface area contributed by atoms with Crippen molar-refractivity contribution < 1.29 is 31.9 Å². The monoisotopic (exact) mass is 767 g/mol. The predicted molar refractivity (Wildman–Crippen MR) is 218 cm³/mol. The van der Waals surface area contributed by atoms with Gasteiger partial charge in [0.25, 0.3) is 0 Å². The van der Waals surface area contributed by atoms with Gasteiger partial charge in [0, 0.05) is 59.4 Å². The van der Waals surface area contributed by atoms with Gasteiger partial charge in [0.1, 0.15) is 11.6 Å². The molecule has 0 heterocycles. The lowest BCUT2D eigenvalue weighted by Crippen LogP contribution is -2.17. The van der Waals surface area contributed by atoms with E-state index in [-0.39, 0.29) is 38.8 Å². The summed E-state index contributed by atoms with van der Waals surface area (Å²) in [6, 6.07) is 24.0. The highest BCUT2D eigenvalue weighted by atomic mass is 32.2. The number of hydrogen-bond acceptors (Lipinski definition) is 5. The number of fused-ring (bicyclic) bond motifs is 2. The molecule has 4 aromatic carbocycles. The van der Waals surface area contributed by atoms with E-state index in [2.05, 4.69) is 11.1 Å². The van der Waals surface area contributed by atoms with Crippen molar-refractivity contribution in [1.82, 2.24) is 5.32 Å². The molecule has 3 radical (unpaired) electrons. The van der Waals surface area contributed by atoms with Gasteiger partial charge in [0.05, 0.1) is 12.8 Å². The number of carbonyl (C=O) groups excluding carboxylic acids is 1. The summed E-state index contributed by atoms with van der Waals surface area (Å²) in [6.07, 6.45) is 7.30. The fourth-order valence-corrected chi connectivity index (χ4v) is 7.25. The number of aliphatic carboxylic acids is 1. The third kappa shape index (κ3) is 10.1. The Morgan fingerprint density at radius 2 is 1.04 bits per heavy atom. The normalized spacial score (nSPS) is 15.3. The van der Waals surface area contributed by atoms with Crippen molar-refractivity contribution in [1.29, 1.82) is 0 Å². The molecule has 0 spiro atoms. The molecule has 279 valence electrons. The zero-order valence-corrected chi connectivity index (χ0v) is 32.6. The van der Waals surface area contributed by atoms with Crippen molar-refractivity contribution in [2.45, 2.75) is 36.5 Å². The summed E-state index contributed by atoms with van der Waals surface area (Å²) in [4.78, 5) is 24.6. The second-order valence-electron chi connectivity index (χ2n) is 12.2. The minimum absolute atomic E-state index is 0. The van der Waals surface area contributed by atoms with Crippen LogP contribution in [0.5, 0.6) is 0 Å². The number of benzene rings is 4. The number of halogens is 2. The summed E-state index contributed by atoms with van der Waals surface area (Å²) in [6.45, 7) is 3.81. The van der Waals surface area contributed by atoms with Crippen LogP contribution in [-0.4, -0.2) is 60.4 Å². The van der Waals surface area contributed by atoms with Crippen molar-refractivity contribution in [3.63, 3.8) is 0 Å². The Morgan fingerprint density at radius 1 is 0.667 bits per heavy atom. The number of nitrogens with one attached hydrogen (secondary N) is 1. The molecule has 2 unspecified atom stereocenters. The molecular formula is C42H42BF2N2O5S2. The Bertz CT molecular complexity index is 2230. The summed E-state index contributed by atoms with van der Waals surface area (Å²) < 4.78 is 50.5. The maximum atomic E-state index is 13.8. The van der Waals surface area contributed by atoms with Crippen LogP contribution >= 0.6 is 0 Å². The Balaban J connectivity index is 0.000000273. The summed E-state index contributed by atoms with van der Waals surface area (Å²) >= 11 is 0. The van der Waals surface area contributed by atoms with Crippen molar-refractivity contribution in [3.8, 4) is 0 Å². The topological polar surface area (TPSA) is 127 Å². The van der Waals surface area contributed by atoms with E-state index in [1.54, 1.807) is 43.8 Å². The van der Waals surface area contributed by atoms with E-state index in [0.29, 0.717) is 11.1 Å². The van der Waals surface area contributed by atoms with Gasteiger partial charge in [-0.15, -0.1) is 0 Å². The van der Waals surface area contributed by atoms with Crippen LogP contribution in [-0.2, 0) is 31.2 Å². The van der Waals surface area contributed by atoms with E-state index in [1.165, 1.54) is 31.3 Å². The van der Waals surface area contributed by atoms with Crippen LogP contribution in [0, 0.1) is 11.6 Å². The average molecular weight is 768 g/mol. The smallest absolute Gasteiger partial charge is 0.307 e. The van der Waals surface area contributed by atoms with E-state index in [1.807, 2.05) is 62.4 Å². The molecule has 0 fully saturated rings. The van der Waals surface area contributed by atoms with Gasteiger partial charge in [-0.3, -0.25) is 18.0 Å². The van der Waals surface area contributed by atoms with Gasteiger partial charge in [-0.05, 0) is 148 Å². The van der Waals surface area contributed by atoms with Crippen LogP contribution < -0.4 is 11.1 Å². The average Bonchev–Trinajstić information content (AvgIpc) is 3.53. The highest BCUT2D eigenvalue weighted by Crippen LogP contribution is 2.45. The number of nitrogens with two attached hydrogens (primary N) is 1. The molecular weight excluding hydrogens is 725 g/mol. The van der Waals surface area contributed by atoms with E-state index in [0.717, 1.165) is 65.5 Å². The summed E-state index contributed by atoms with van der Waals surface area (Å²) in [5.74, 6) is -1.75. The van der Waals surface area contributed by atoms with E-state index < -0.39 is 27.6 Å². The third-order valence-corrected chi connectivity index (χ3v) is 10.8. The third-order valence-electron chi connectivity index (χ3n) is 8.90. The molecule has 1 amide bonds. The predicted octanol–water partition coefficient (Wildman–Crippen LogP) is 7.59. The Kier molecular flexibility index (Phi) is 15.5. The highest BCUT2D eigenvalue weighted by Gasteiger charge is 2.27. The van der Waals surface area contributed by atoms with Crippen LogP contribution in [0.2, 0.25) is 0 Å². The molecule has 0 saturated heterocycles. The summed E-state index contributed by atoms with van der Waals surface area (Å²) in [7, 11) is 1.04. The van der Waals surface area contributed by atoms with Gasteiger partial charge in [-0.2, -0.15) is 0 Å². The number of amides is 1. The standard InChI is InChI=1S/C21H20FNO2S.C20H17FO3S.CH5N.B/c1-13-18(10-14-4-7-16(8-5-14)26(3)25)17-9-6-15(22)11-20(17)19(13)12-21(24)23-2;1-12-17(9-13-3-6-15(7-4-13)25(2)24)16-8-5-14(21)10-19(16)18(12)11-20(22)23;1-2;/h4-11H,12H2,1-3H3,(H,23,24);3-10H,11H2,1-2H3,(H,22,23);2H2,1H3;/b18-10-;17-9-;;. The van der Waals surface area contributed by atoms with Crippen LogP contribution in [0.4, 0.5) is 8.78 Å². The number of carboxylic acid groups (broad SMARTS) is 1. The molecule has 2 aliphatic carbocycles. The molecule has 0 saturated carbocycles. The van der Waals surface area contributed by atoms with Crippen molar-refractivity contribution in [3.05, 3.63) is 141 Å². The van der Waals surface area contributed by atoms with Crippen LogP contribution in [0.25, 0.3) is 34.4 Å². The van der Waals surface area contributed by atoms with Gasteiger partial charge >= 0.3 is 5.97 Å². The lowest BCUT2D eigenvalue weighted by atomic mass is 10.0. The van der Waals surface area contributed by atoms with Gasteiger partial charge in [-0.1, -0.05) is 36.4 Å². The molecule has 4 aromatic rings. The highest BCUT2D eigenvalue weighted by molar-refractivity contribution is 7.84. The number of hydrogen-bond donors (Lipinski definition) is 3. The molecule has 2 atom stereocenters. The maximum Gasteiger partial charge on any atom is 0.307 e. The Labute approximate surface area is 322 Å². The number of carboxylic acids is 1. The van der Waals surface area contributed by atoms with Crippen molar-refractivity contribution >= 4 is 76.3 Å². The SMILES string of the molecule is CC1=C(CC(=O)O)c2cc(F)ccc2/C1=C\c1ccc(S(C)=O)cc1.CN.CNC(=O)CC1=C(C)/C(=C/c2ccc(S(C)=O)cc2)c2ccc(F)cc21.[B]. The molecule has 54 heavy (non-hydrogen) atoms. The molecule has 12 heteroatoms. The fourth-order valence-electron chi connectivity index (χ4n) is 6.21. The first kappa shape index (κ1) is 43.4. The van der Waals surface area contributed by atoms with Gasteiger partial charge in [-0.25, -0.2) is 8.78 Å². The molecule has 0 aromatic heterocycles. The largest absolute Gasteiger partial charge is 0.481 e. The van der Waals surface area contributed by atoms with Gasteiger partial charge in [0.15, 0.2) is 0 Å². The fraction of sp³-hybridized carbons (Fsp3) is 0.190. The molecule has 0 aliphatic heterocycles. The summed E-state index contributed by atoms with van der Waals surface area (Å²) in [5, 5.41) is 11.8. The summed E-state index contributed by atoms with van der Waals surface area (Å²) in [5.41, 5.74) is 14.7. The number of rotatable bonds is 8. The Morgan fingerprint density at radius 3 is 1.37 bits per heavy atom. The molecule has 6 rings (SSSR count). The minimum atomic E-state index is -1.04. The van der Waals surface area contributed by atoms with Gasteiger partial charge in [0.2, 0.25) is 5.91 Å². The zero-order valence-electron chi connectivity index (χ0n) is 31.0. The van der Waals surface area contributed by atoms with Crippen molar-refractivity contribution in [2.75, 3.05) is 26.6 Å². The van der Waals surface area contributed by atoms with Crippen LogP contribution in [0.1, 0.15) is 60.1 Å². The second-order valence-corrected chi connectivity index (χ2v) is 14.9. The molecule has 7 nitrogen and oxygen atoms in total. The van der Waals surface area contributed by atoms with Crippen LogP contribution in [0.15, 0.2) is 106 Å².